The maximum Gasteiger partial charge on any atom is 0.306 e. The fraction of sp³-hybridized carbons (Fsp3) is 0.868. The second kappa shape index (κ2) is 63.2. The Morgan fingerprint density at radius 2 is 0.514 bits per heavy atom. The van der Waals surface area contributed by atoms with Crippen molar-refractivity contribution in [3.8, 4) is 0 Å². The average Bonchev–Trinajstić information content (AvgIpc) is 3.40. The Morgan fingerprint density at radius 3 is 0.838 bits per heavy atom. The molecule has 0 fully saturated rings. The fourth-order valence-electron chi connectivity index (χ4n) is 9.89. The van der Waals surface area contributed by atoms with Crippen LogP contribution < -0.4 is 0 Å². The summed E-state index contributed by atoms with van der Waals surface area (Å²) in [5.41, 5.74) is 0. The minimum atomic E-state index is -0.777. The molecule has 0 amide bonds. The van der Waals surface area contributed by atoms with E-state index in [2.05, 4.69) is 57.2 Å². The van der Waals surface area contributed by atoms with Gasteiger partial charge in [0.2, 0.25) is 0 Å². The molecule has 0 saturated carbocycles. The second-order valence-corrected chi connectivity index (χ2v) is 22.4. The van der Waals surface area contributed by atoms with E-state index in [9.17, 15) is 14.4 Å². The predicted molar refractivity (Wildman–Crippen MR) is 321 cm³/mol. The number of hydrogen-bond acceptors (Lipinski definition) is 6. The molecule has 0 N–H and O–H groups in total. The van der Waals surface area contributed by atoms with E-state index in [4.69, 9.17) is 14.2 Å². The van der Waals surface area contributed by atoms with E-state index in [-0.39, 0.29) is 31.1 Å². The minimum absolute atomic E-state index is 0.0743. The number of allylic oxidation sites excluding steroid dienone is 6. The average molecular weight is 1040 g/mol. The summed E-state index contributed by atoms with van der Waals surface area (Å²) in [5, 5.41) is 0. The number of carbonyl (C=O) groups is 3. The molecule has 0 spiro atoms. The lowest BCUT2D eigenvalue weighted by atomic mass is 10.0. The van der Waals surface area contributed by atoms with Gasteiger partial charge in [-0.15, -0.1) is 0 Å². The Balaban J connectivity index is 4.10. The van der Waals surface area contributed by atoms with Gasteiger partial charge in [0, 0.05) is 19.3 Å². The topological polar surface area (TPSA) is 78.9 Å². The zero-order valence-electron chi connectivity index (χ0n) is 49.9. The standard InChI is InChI=1S/C68H126O6/c1-4-7-10-13-16-19-22-24-26-28-29-30-31-32-33-34-35-36-37-38-39-41-42-44-46-49-52-55-58-61-67(70)73-64-65(63-72-66(69)60-57-54-51-48-21-18-15-12-9-6-3)74-68(71)62-59-56-53-50-47-45-43-40-27-25-23-20-17-14-11-8-5-2/h12,15,17,20,25,27,65H,4-11,13-14,16,18-19,21-24,26,28-64H2,1-3H3/b15-12-,20-17-,27-25-. The zero-order chi connectivity index (χ0) is 53.6. The van der Waals surface area contributed by atoms with Crippen LogP contribution in [0.5, 0.6) is 0 Å². The normalized spacial score (nSPS) is 12.2. The Morgan fingerprint density at radius 1 is 0.270 bits per heavy atom. The van der Waals surface area contributed by atoms with Gasteiger partial charge in [0.15, 0.2) is 6.10 Å². The molecule has 0 aromatic heterocycles. The van der Waals surface area contributed by atoms with Crippen molar-refractivity contribution < 1.29 is 28.6 Å². The lowest BCUT2D eigenvalue weighted by Crippen LogP contribution is -2.30. The van der Waals surface area contributed by atoms with Crippen molar-refractivity contribution in [2.75, 3.05) is 13.2 Å². The van der Waals surface area contributed by atoms with Gasteiger partial charge in [-0.1, -0.05) is 308 Å². The van der Waals surface area contributed by atoms with Gasteiger partial charge in [0.05, 0.1) is 0 Å². The van der Waals surface area contributed by atoms with E-state index in [1.807, 2.05) is 0 Å². The number of rotatable bonds is 61. The van der Waals surface area contributed by atoms with Crippen molar-refractivity contribution in [1.29, 1.82) is 0 Å². The zero-order valence-corrected chi connectivity index (χ0v) is 49.9. The first kappa shape index (κ1) is 71.6. The fourth-order valence-corrected chi connectivity index (χ4v) is 9.89. The van der Waals surface area contributed by atoms with E-state index in [0.29, 0.717) is 19.3 Å². The lowest BCUT2D eigenvalue weighted by molar-refractivity contribution is -0.167. The van der Waals surface area contributed by atoms with Gasteiger partial charge in [0.25, 0.3) is 0 Å². The number of esters is 3. The molecule has 0 aromatic carbocycles. The van der Waals surface area contributed by atoms with Crippen LogP contribution in [0.3, 0.4) is 0 Å². The van der Waals surface area contributed by atoms with E-state index < -0.39 is 6.10 Å². The third kappa shape index (κ3) is 60.5. The molecule has 0 rings (SSSR count). The molecule has 0 aliphatic rings. The molecular formula is C68H126O6. The Kier molecular flexibility index (Phi) is 61.1. The molecule has 0 radical (unpaired) electrons. The quantitative estimate of drug-likeness (QED) is 0.0261. The van der Waals surface area contributed by atoms with E-state index in [1.54, 1.807) is 0 Å². The van der Waals surface area contributed by atoms with Crippen LogP contribution >= 0.6 is 0 Å². The molecule has 74 heavy (non-hydrogen) atoms. The summed E-state index contributed by atoms with van der Waals surface area (Å²) in [6.07, 6.45) is 77.5. The molecular weight excluding hydrogens is 913 g/mol. The van der Waals surface area contributed by atoms with Gasteiger partial charge in [-0.3, -0.25) is 14.4 Å². The van der Waals surface area contributed by atoms with Gasteiger partial charge < -0.3 is 14.2 Å². The van der Waals surface area contributed by atoms with Gasteiger partial charge in [-0.25, -0.2) is 0 Å². The third-order valence-electron chi connectivity index (χ3n) is 14.8. The SMILES string of the molecule is CCC/C=C\CCCCCCCC(=O)OCC(COC(=O)CCCCCCCCCCCCCCCCCCCCCCCCCCCCCCC)OC(=O)CCCCCCCCC/C=C\C/C=C\CCCCC. The maximum absolute atomic E-state index is 12.9. The van der Waals surface area contributed by atoms with E-state index in [0.717, 1.165) is 83.5 Å². The monoisotopic (exact) mass is 1040 g/mol. The van der Waals surface area contributed by atoms with Gasteiger partial charge >= 0.3 is 17.9 Å². The van der Waals surface area contributed by atoms with Gasteiger partial charge in [-0.05, 0) is 70.6 Å². The highest BCUT2D eigenvalue weighted by atomic mass is 16.6. The van der Waals surface area contributed by atoms with Crippen LogP contribution in [-0.4, -0.2) is 37.2 Å². The highest BCUT2D eigenvalue weighted by Gasteiger charge is 2.19. The van der Waals surface area contributed by atoms with Crippen molar-refractivity contribution in [3.63, 3.8) is 0 Å². The third-order valence-corrected chi connectivity index (χ3v) is 14.8. The second-order valence-electron chi connectivity index (χ2n) is 22.4. The van der Waals surface area contributed by atoms with Crippen molar-refractivity contribution >= 4 is 17.9 Å². The van der Waals surface area contributed by atoms with E-state index in [1.165, 1.54) is 238 Å². The largest absolute Gasteiger partial charge is 0.462 e. The highest BCUT2D eigenvalue weighted by Crippen LogP contribution is 2.18. The van der Waals surface area contributed by atoms with Gasteiger partial charge in [-0.2, -0.15) is 0 Å². The first-order valence-corrected chi connectivity index (χ1v) is 33.0. The number of ether oxygens (including phenoxy) is 3. The lowest BCUT2D eigenvalue weighted by Gasteiger charge is -2.18. The maximum atomic E-state index is 12.9. The van der Waals surface area contributed by atoms with Crippen molar-refractivity contribution in [2.45, 2.75) is 367 Å². The Bertz CT molecular complexity index is 1240. The predicted octanol–water partition coefficient (Wildman–Crippen LogP) is 22.4. The molecule has 0 bridgehead atoms. The summed E-state index contributed by atoms with van der Waals surface area (Å²) in [6.45, 7) is 6.60. The van der Waals surface area contributed by atoms with Crippen molar-refractivity contribution in [2.24, 2.45) is 0 Å². The van der Waals surface area contributed by atoms with Crippen LogP contribution in [0, 0.1) is 0 Å². The highest BCUT2D eigenvalue weighted by molar-refractivity contribution is 5.71. The molecule has 1 unspecified atom stereocenters. The van der Waals surface area contributed by atoms with Crippen LogP contribution in [0.2, 0.25) is 0 Å². The summed E-state index contributed by atoms with van der Waals surface area (Å²) in [7, 11) is 0. The molecule has 0 aromatic rings. The first-order valence-electron chi connectivity index (χ1n) is 33.0. The molecule has 434 valence electrons. The minimum Gasteiger partial charge on any atom is -0.462 e. The van der Waals surface area contributed by atoms with Crippen LogP contribution in [0.25, 0.3) is 0 Å². The Labute approximate surface area is 461 Å². The first-order chi connectivity index (χ1) is 36.5. The van der Waals surface area contributed by atoms with Crippen molar-refractivity contribution in [1.82, 2.24) is 0 Å². The van der Waals surface area contributed by atoms with Crippen LogP contribution in [0.15, 0.2) is 36.5 Å². The number of carbonyl (C=O) groups excluding carboxylic acids is 3. The molecule has 0 heterocycles. The Hall–Kier alpha value is -2.37. The molecule has 0 aliphatic heterocycles. The van der Waals surface area contributed by atoms with Crippen LogP contribution in [0.1, 0.15) is 361 Å². The molecule has 0 saturated heterocycles. The summed E-state index contributed by atoms with van der Waals surface area (Å²) >= 11 is 0. The van der Waals surface area contributed by atoms with Crippen LogP contribution in [0.4, 0.5) is 0 Å². The molecule has 6 nitrogen and oxygen atoms in total. The summed E-state index contributed by atoms with van der Waals surface area (Å²) in [6, 6.07) is 0. The summed E-state index contributed by atoms with van der Waals surface area (Å²) in [5.74, 6) is -0.873. The van der Waals surface area contributed by atoms with Gasteiger partial charge in [0.1, 0.15) is 13.2 Å². The number of unbranched alkanes of at least 4 members (excludes halogenated alkanes) is 44. The summed E-state index contributed by atoms with van der Waals surface area (Å²) in [4.78, 5) is 38.2. The summed E-state index contributed by atoms with van der Waals surface area (Å²) < 4.78 is 16.9. The van der Waals surface area contributed by atoms with Crippen LogP contribution in [-0.2, 0) is 28.6 Å². The number of hydrogen-bond donors (Lipinski definition) is 0. The smallest absolute Gasteiger partial charge is 0.306 e. The molecule has 1 atom stereocenters. The molecule has 6 heteroatoms. The molecule has 0 aliphatic carbocycles. The van der Waals surface area contributed by atoms with Crippen molar-refractivity contribution in [3.05, 3.63) is 36.5 Å². The van der Waals surface area contributed by atoms with E-state index >= 15 is 0 Å².